The van der Waals surface area contributed by atoms with E-state index >= 15 is 0 Å². The van der Waals surface area contributed by atoms with Crippen LogP contribution in [0.5, 0.6) is 0 Å². The van der Waals surface area contributed by atoms with Gasteiger partial charge in [-0.15, -0.1) is 10.2 Å². The van der Waals surface area contributed by atoms with Gasteiger partial charge in [0.15, 0.2) is 0 Å². The fourth-order valence-corrected chi connectivity index (χ4v) is 8.30. The van der Waals surface area contributed by atoms with E-state index in [1.54, 1.807) is 6.26 Å². The standard InChI is InChI=1S/C28H30N6O2S/c1-37(36)24-5-3-2-4-22(24)21-9-8-18(10-23(21)32-37)20-13-33(14-20)27(35)34-15-28(16-34)11-19(12-28)26-29-25(30-31-26)17-6-7-17/h2-5,8-10,17,19-20H,6-7,11-16H2,1H3,(H,29,30,31)/t37-/m1/s1. The first-order valence-electron chi connectivity index (χ1n) is 13.3. The lowest BCUT2D eigenvalue weighted by molar-refractivity contribution is -0.0601. The van der Waals surface area contributed by atoms with E-state index in [9.17, 15) is 9.00 Å². The summed E-state index contributed by atoms with van der Waals surface area (Å²) in [6.45, 7) is 3.16. The van der Waals surface area contributed by atoms with Gasteiger partial charge in [0.05, 0.1) is 20.3 Å². The maximum absolute atomic E-state index is 13.2. The molecule has 8 rings (SSSR count). The number of benzene rings is 2. The smallest absolute Gasteiger partial charge is 0.320 e. The lowest BCUT2D eigenvalue weighted by Gasteiger charge is -2.59. The Balaban J connectivity index is 0.886. The van der Waals surface area contributed by atoms with E-state index in [0.717, 1.165) is 72.4 Å². The highest BCUT2D eigenvalue weighted by molar-refractivity contribution is 7.93. The number of fused-ring (bicyclic) bond motifs is 3. The number of amides is 2. The van der Waals surface area contributed by atoms with E-state index in [1.165, 1.54) is 18.4 Å². The first-order valence-corrected chi connectivity index (χ1v) is 15.2. The van der Waals surface area contributed by atoms with Crippen LogP contribution in [0.4, 0.5) is 10.5 Å². The molecule has 2 saturated heterocycles. The highest BCUT2D eigenvalue weighted by Crippen LogP contribution is 2.56. The van der Waals surface area contributed by atoms with Crippen LogP contribution in [0.25, 0.3) is 11.1 Å². The van der Waals surface area contributed by atoms with E-state index in [-0.39, 0.29) is 11.4 Å². The number of hydrogen-bond acceptors (Lipinski definition) is 5. The average Bonchev–Trinajstić information content (AvgIpc) is 3.54. The van der Waals surface area contributed by atoms with Crippen molar-refractivity contribution in [2.45, 2.75) is 48.3 Å². The molecule has 0 radical (unpaired) electrons. The highest BCUT2D eigenvalue weighted by Gasteiger charge is 2.56. The maximum atomic E-state index is 13.2. The molecule has 0 unspecified atom stereocenters. The minimum atomic E-state index is -2.45. The van der Waals surface area contributed by atoms with E-state index in [2.05, 4.69) is 37.7 Å². The Hall–Kier alpha value is -3.20. The number of urea groups is 1. The predicted octanol–water partition coefficient (Wildman–Crippen LogP) is 4.85. The zero-order valence-electron chi connectivity index (χ0n) is 20.9. The molecular weight excluding hydrogens is 484 g/mol. The molecule has 1 N–H and O–H groups in total. The van der Waals surface area contributed by atoms with Crippen molar-refractivity contribution in [3.05, 3.63) is 59.7 Å². The van der Waals surface area contributed by atoms with Crippen LogP contribution in [0.2, 0.25) is 0 Å². The van der Waals surface area contributed by atoms with Crippen molar-refractivity contribution in [3.63, 3.8) is 0 Å². The normalized spacial score (nSPS) is 26.0. The lowest BCUT2D eigenvalue weighted by atomic mass is 9.57. The SMILES string of the molecule is C[S@]1(=O)=Nc2cc(C3CN(C(=O)N4CC5(CC(c6nnc(C7CC7)[nH]6)C5)C4)C3)ccc2-c2ccccc21. The molecule has 5 aliphatic rings. The van der Waals surface area contributed by atoms with Crippen LogP contribution >= 0.6 is 0 Å². The molecule has 1 atom stereocenters. The van der Waals surface area contributed by atoms with E-state index in [1.807, 2.05) is 34.1 Å². The van der Waals surface area contributed by atoms with Crippen molar-refractivity contribution in [2.24, 2.45) is 9.78 Å². The van der Waals surface area contributed by atoms with Gasteiger partial charge >= 0.3 is 6.03 Å². The molecule has 2 aliphatic carbocycles. The molecule has 2 saturated carbocycles. The first-order chi connectivity index (χ1) is 17.9. The summed E-state index contributed by atoms with van der Waals surface area (Å²) in [6, 6.07) is 14.3. The van der Waals surface area contributed by atoms with Crippen LogP contribution in [0.3, 0.4) is 0 Å². The zero-order valence-corrected chi connectivity index (χ0v) is 21.7. The number of aromatic amines is 1. The van der Waals surface area contributed by atoms with Crippen LogP contribution in [0.15, 0.2) is 51.7 Å². The molecule has 0 bridgehead atoms. The third kappa shape index (κ3) is 3.39. The summed E-state index contributed by atoms with van der Waals surface area (Å²) in [5.41, 5.74) is 4.29. The molecule has 1 spiro atoms. The van der Waals surface area contributed by atoms with Gasteiger partial charge in [-0.05, 0) is 43.4 Å². The fraction of sp³-hybridized carbons (Fsp3) is 0.464. The summed E-state index contributed by atoms with van der Waals surface area (Å²) >= 11 is 0. The summed E-state index contributed by atoms with van der Waals surface area (Å²) in [7, 11) is -2.45. The number of aromatic nitrogens is 3. The molecule has 190 valence electrons. The van der Waals surface area contributed by atoms with Crippen LogP contribution in [-0.4, -0.2) is 67.7 Å². The molecule has 3 aromatic rings. The summed E-state index contributed by atoms with van der Waals surface area (Å²) in [4.78, 5) is 21.3. The van der Waals surface area contributed by atoms with Gasteiger partial charge in [-0.1, -0.05) is 30.3 Å². The summed E-state index contributed by atoms with van der Waals surface area (Å²) in [5, 5.41) is 8.73. The Bertz CT molecular complexity index is 1560. The molecular formula is C28H30N6O2S. The van der Waals surface area contributed by atoms with E-state index < -0.39 is 9.73 Å². The van der Waals surface area contributed by atoms with Crippen LogP contribution in [0, 0.1) is 5.41 Å². The maximum Gasteiger partial charge on any atom is 0.320 e. The Morgan fingerprint density at radius 3 is 2.43 bits per heavy atom. The fourth-order valence-electron chi connectivity index (χ4n) is 6.76. The average molecular weight is 515 g/mol. The second-order valence-corrected chi connectivity index (χ2v) is 14.1. The summed E-state index contributed by atoms with van der Waals surface area (Å²) in [5.74, 6) is 3.47. The molecule has 4 fully saturated rings. The first kappa shape index (κ1) is 21.8. The molecule has 2 amide bonds. The van der Waals surface area contributed by atoms with Crippen molar-refractivity contribution in [3.8, 4) is 11.1 Å². The Morgan fingerprint density at radius 1 is 0.946 bits per heavy atom. The van der Waals surface area contributed by atoms with Gasteiger partial charge in [-0.3, -0.25) is 0 Å². The zero-order chi connectivity index (χ0) is 24.9. The second kappa shape index (κ2) is 7.43. The molecule has 1 aromatic heterocycles. The number of nitrogens with one attached hydrogen (secondary N) is 1. The minimum Gasteiger partial charge on any atom is -0.328 e. The van der Waals surface area contributed by atoms with Gasteiger partial charge in [0, 0.05) is 66.7 Å². The molecule has 4 heterocycles. The number of carbonyl (C=O) groups excluding carboxylic acids is 1. The van der Waals surface area contributed by atoms with Gasteiger partial charge in [0.25, 0.3) is 0 Å². The third-order valence-corrected chi connectivity index (χ3v) is 10.8. The highest BCUT2D eigenvalue weighted by atomic mass is 32.2. The Labute approximate surface area is 216 Å². The second-order valence-electron chi connectivity index (χ2n) is 11.9. The van der Waals surface area contributed by atoms with Gasteiger partial charge in [0.1, 0.15) is 11.6 Å². The molecule has 8 nitrogen and oxygen atoms in total. The lowest BCUT2D eigenvalue weighted by Crippen LogP contribution is -2.67. The van der Waals surface area contributed by atoms with Gasteiger partial charge < -0.3 is 14.8 Å². The summed E-state index contributed by atoms with van der Waals surface area (Å²) in [6.07, 6.45) is 6.37. The van der Waals surface area contributed by atoms with Crippen molar-refractivity contribution in [1.82, 2.24) is 25.0 Å². The number of carbonyl (C=O) groups is 1. The largest absolute Gasteiger partial charge is 0.328 e. The topological polar surface area (TPSA) is 94.6 Å². The Morgan fingerprint density at radius 2 is 1.68 bits per heavy atom. The monoisotopic (exact) mass is 514 g/mol. The van der Waals surface area contributed by atoms with E-state index in [0.29, 0.717) is 17.8 Å². The number of nitrogens with zero attached hydrogens (tertiary/aromatic N) is 5. The van der Waals surface area contributed by atoms with Crippen LogP contribution in [-0.2, 0) is 9.73 Å². The van der Waals surface area contributed by atoms with Crippen molar-refractivity contribution in [2.75, 3.05) is 32.4 Å². The number of H-pyrrole nitrogens is 1. The van der Waals surface area contributed by atoms with E-state index in [4.69, 9.17) is 0 Å². The van der Waals surface area contributed by atoms with Gasteiger partial charge in [-0.25, -0.2) is 9.00 Å². The van der Waals surface area contributed by atoms with Crippen molar-refractivity contribution in [1.29, 1.82) is 0 Å². The Kier molecular flexibility index (Phi) is 4.39. The molecule has 37 heavy (non-hydrogen) atoms. The van der Waals surface area contributed by atoms with Crippen LogP contribution in [0.1, 0.15) is 60.6 Å². The predicted molar refractivity (Wildman–Crippen MR) is 140 cm³/mol. The number of rotatable bonds is 3. The quantitative estimate of drug-likeness (QED) is 0.541. The molecule has 3 aliphatic heterocycles. The van der Waals surface area contributed by atoms with Crippen molar-refractivity contribution >= 4 is 21.4 Å². The van der Waals surface area contributed by atoms with Crippen LogP contribution < -0.4 is 0 Å². The molecule has 9 heteroatoms. The molecule has 2 aromatic carbocycles. The third-order valence-electron chi connectivity index (χ3n) is 9.06. The van der Waals surface area contributed by atoms with Gasteiger partial charge in [-0.2, -0.15) is 4.36 Å². The summed E-state index contributed by atoms with van der Waals surface area (Å²) < 4.78 is 17.8. The number of likely N-dealkylation sites (tertiary alicyclic amines) is 2. The van der Waals surface area contributed by atoms with Gasteiger partial charge in [0.2, 0.25) is 0 Å². The minimum absolute atomic E-state index is 0.161. The van der Waals surface area contributed by atoms with Crippen molar-refractivity contribution < 1.29 is 9.00 Å². The number of hydrogen-bond donors (Lipinski definition) is 1.